The highest BCUT2D eigenvalue weighted by molar-refractivity contribution is 8.14. The third-order valence-electron chi connectivity index (χ3n) is 6.60. The van der Waals surface area contributed by atoms with Crippen molar-refractivity contribution >= 4 is 50.8 Å². The molecule has 0 aliphatic carbocycles. The summed E-state index contributed by atoms with van der Waals surface area (Å²) in [5.74, 6) is -4.87. The minimum Gasteiger partial charge on any atom is -0.331 e. The van der Waals surface area contributed by atoms with E-state index in [9.17, 15) is 28.4 Å². The van der Waals surface area contributed by atoms with Crippen molar-refractivity contribution in [3.63, 3.8) is 0 Å². The predicted octanol–water partition coefficient (Wildman–Crippen LogP) is 4.32. The van der Waals surface area contributed by atoms with Gasteiger partial charge in [0.2, 0.25) is 0 Å². The minimum atomic E-state index is -3.28. The lowest BCUT2D eigenvalue weighted by Gasteiger charge is -2.25. The number of aromatic nitrogens is 4. The first-order valence-corrected chi connectivity index (χ1v) is 13.3. The molecule has 2 unspecified atom stereocenters. The topological polar surface area (TPSA) is 134 Å². The molecule has 2 aromatic carbocycles. The number of thioether (sulfide) groups is 1. The molecular weight excluding hydrogens is 540 g/mol. The zero-order chi connectivity index (χ0) is 28.6. The van der Waals surface area contributed by atoms with E-state index in [0.29, 0.717) is 38.6 Å². The van der Waals surface area contributed by atoms with Crippen molar-refractivity contribution in [1.82, 2.24) is 30.2 Å². The molecule has 3 heterocycles. The first-order valence-electron chi connectivity index (χ1n) is 12.4. The Kier molecular flexibility index (Phi) is 7.20. The van der Waals surface area contributed by atoms with E-state index in [1.165, 1.54) is 12.3 Å². The number of likely N-dealkylation sites (tertiary alicyclic amines) is 1. The monoisotopic (exact) mass is 563 g/mol. The zero-order valence-corrected chi connectivity index (χ0v) is 22.2. The summed E-state index contributed by atoms with van der Waals surface area (Å²) in [6, 6.07) is 13.8. The molecule has 0 spiro atoms. The van der Waals surface area contributed by atoms with E-state index >= 15 is 0 Å². The van der Waals surface area contributed by atoms with Crippen LogP contribution in [0.15, 0.2) is 54.7 Å². The Morgan fingerprint density at radius 2 is 1.93 bits per heavy atom. The standard InChI is InChI=1S/C27H23F2N7O3S/c1-15(2)17-6-5-7-18-19(10-11-31-22(17)18)23(37)32-24(25(38)35-14-27(28,29)12-16(35)13-30)40-26(39)36-21-9-4-3-8-20(21)33-34-36/h3-11,15-16,24H,12,14H2,1-2H3,(H,32,37). The van der Waals surface area contributed by atoms with Crippen LogP contribution in [-0.2, 0) is 4.79 Å². The molecule has 4 aromatic rings. The summed E-state index contributed by atoms with van der Waals surface area (Å²) in [7, 11) is 0. The third kappa shape index (κ3) is 5.10. The largest absolute Gasteiger partial charge is 0.331 e. The zero-order valence-electron chi connectivity index (χ0n) is 21.4. The summed E-state index contributed by atoms with van der Waals surface area (Å²) in [5, 5.41) is 17.9. The molecule has 40 heavy (non-hydrogen) atoms. The van der Waals surface area contributed by atoms with Crippen molar-refractivity contribution in [3.05, 3.63) is 65.9 Å². The van der Waals surface area contributed by atoms with Crippen molar-refractivity contribution in [2.24, 2.45) is 0 Å². The summed E-state index contributed by atoms with van der Waals surface area (Å²) in [6.45, 7) is 2.98. The molecule has 1 saturated heterocycles. The highest BCUT2D eigenvalue weighted by atomic mass is 32.2. The molecule has 2 aromatic heterocycles. The molecule has 13 heteroatoms. The van der Waals surface area contributed by atoms with E-state index in [2.05, 4.69) is 20.6 Å². The second-order valence-corrected chi connectivity index (χ2v) is 10.7. The number of rotatable bonds is 5. The predicted molar refractivity (Wildman–Crippen MR) is 144 cm³/mol. The highest BCUT2D eigenvalue weighted by Gasteiger charge is 2.49. The van der Waals surface area contributed by atoms with Crippen LogP contribution in [0.2, 0.25) is 0 Å². The van der Waals surface area contributed by atoms with E-state index in [0.717, 1.165) is 10.2 Å². The number of hydrogen-bond donors (Lipinski definition) is 1. The Hall–Kier alpha value is -4.44. The maximum Gasteiger partial charge on any atom is 0.310 e. The number of alkyl halides is 2. The van der Waals surface area contributed by atoms with Crippen molar-refractivity contribution < 1.29 is 23.2 Å². The molecule has 2 atom stereocenters. The van der Waals surface area contributed by atoms with Gasteiger partial charge in [0.1, 0.15) is 11.6 Å². The molecule has 2 amide bonds. The summed E-state index contributed by atoms with van der Waals surface area (Å²) >= 11 is 0.390. The molecule has 1 aliphatic heterocycles. The number of para-hydroxylation sites is 2. The number of pyridine rings is 1. The quantitative estimate of drug-likeness (QED) is 0.355. The van der Waals surface area contributed by atoms with Crippen molar-refractivity contribution in [2.75, 3.05) is 6.54 Å². The van der Waals surface area contributed by atoms with E-state index in [4.69, 9.17) is 0 Å². The van der Waals surface area contributed by atoms with Crippen molar-refractivity contribution in [3.8, 4) is 6.07 Å². The Morgan fingerprint density at radius 3 is 2.67 bits per heavy atom. The molecule has 0 bridgehead atoms. The van der Waals surface area contributed by atoms with Crippen LogP contribution in [0.4, 0.5) is 13.6 Å². The number of nitrogens with zero attached hydrogens (tertiary/aromatic N) is 6. The van der Waals surface area contributed by atoms with Gasteiger partial charge < -0.3 is 10.2 Å². The van der Waals surface area contributed by atoms with Gasteiger partial charge in [-0.05, 0) is 41.4 Å². The Labute approximate surface area is 231 Å². The third-order valence-corrected chi connectivity index (χ3v) is 7.53. The normalized spacial score (nSPS) is 17.2. The van der Waals surface area contributed by atoms with Crippen LogP contribution in [0, 0.1) is 11.3 Å². The average molecular weight is 564 g/mol. The van der Waals surface area contributed by atoms with Crippen LogP contribution >= 0.6 is 11.8 Å². The lowest BCUT2D eigenvalue weighted by Crippen LogP contribution is -2.49. The van der Waals surface area contributed by atoms with Gasteiger partial charge in [0.15, 0.2) is 5.37 Å². The first kappa shape index (κ1) is 27.1. The number of halogens is 2. The number of carbonyl (C=O) groups excluding carboxylic acids is 3. The van der Waals surface area contributed by atoms with Crippen LogP contribution in [-0.4, -0.2) is 65.8 Å². The van der Waals surface area contributed by atoms with E-state index in [1.54, 1.807) is 42.5 Å². The number of fused-ring (bicyclic) bond motifs is 2. The second kappa shape index (κ2) is 10.6. The fourth-order valence-corrected chi connectivity index (χ4v) is 5.51. The van der Waals surface area contributed by atoms with E-state index < -0.39 is 47.4 Å². The van der Waals surface area contributed by atoms with Crippen LogP contribution < -0.4 is 5.32 Å². The summed E-state index contributed by atoms with van der Waals surface area (Å²) in [5.41, 5.74) is 2.50. The van der Waals surface area contributed by atoms with Crippen LogP contribution in [0.1, 0.15) is 42.1 Å². The molecular formula is C27H23F2N7O3S. The molecule has 0 radical (unpaired) electrons. The summed E-state index contributed by atoms with van der Waals surface area (Å²) in [4.78, 5) is 45.5. The molecule has 5 rings (SSSR count). The highest BCUT2D eigenvalue weighted by Crippen LogP contribution is 2.33. The van der Waals surface area contributed by atoms with Gasteiger partial charge in [0.25, 0.3) is 17.7 Å². The van der Waals surface area contributed by atoms with E-state index in [-0.39, 0.29) is 11.5 Å². The van der Waals surface area contributed by atoms with Gasteiger partial charge in [-0.2, -0.15) is 9.94 Å². The maximum atomic E-state index is 14.2. The summed E-state index contributed by atoms with van der Waals surface area (Å²) < 4.78 is 29.3. The van der Waals surface area contributed by atoms with E-state index in [1.807, 2.05) is 19.9 Å². The minimum absolute atomic E-state index is 0.120. The SMILES string of the molecule is CC(C)c1cccc2c(C(=O)NC(SC(=O)n3nnc4ccccc43)C(=O)N3CC(F)(F)CC3C#N)ccnc12. The average Bonchev–Trinajstić information content (AvgIpc) is 3.51. The van der Waals surface area contributed by atoms with Gasteiger partial charge in [-0.3, -0.25) is 19.4 Å². The lowest BCUT2D eigenvalue weighted by molar-refractivity contribution is -0.132. The van der Waals surface area contributed by atoms with Gasteiger partial charge >= 0.3 is 5.24 Å². The van der Waals surface area contributed by atoms with Gasteiger partial charge in [0.05, 0.1) is 29.2 Å². The van der Waals surface area contributed by atoms with Crippen molar-refractivity contribution in [2.45, 2.75) is 43.5 Å². The number of benzene rings is 2. The maximum absolute atomic E-state index is 14.2. The van der Waals surface area contributed by atoms with Crippen molar-refractivity contribution in [1.29, 1.82) is 5.26 Å². The van der Waals surface area contributed by atoms with Gasteiger partial charge in [0, 0.05) is 18.0 Å². The summed E-state index contributed by atoms with van der Waals surface area (Å²) in [6.07, 6.45) is 0.627. The fourth-order valence-electron chi connectivity index (χ4n) is 4.67. The Balaban J connectivity index is 1.50. The fraction of sp³-hybridized carbons (Fsp3) is 0.296. The molecule has 1 fully saturated rings. The number of nitrogens with one attached hydrogen (secondary N) is 1. The number of amides is 2. The lowest BCUT2D eigenvalue weighted by atomic mass is 9.97. The first-order chi connectivity index (χ1) is 19.1. The van der Waals surface area contributed by atoms with Gasteiger partial charge in [-0.15, -0.1) is 5.10 Å². The molecule has 204 valence electrons. The number of nitriles is 1. The molecule has 0 saturated carbocycles. The Bertz CT molecular complexity index is 1680. The molecule has 1 N–H and O–H groups in total. The van der Waals surface area contributed by atoms with Crippen LogP contribution in [0.5, 0.6) is 0 Å². The molecule has 1 aliphatic rings. The smallest absolute Gasteiger partial charge is 0.310 e. The Morgan fingerprint density at radius 1 is 1.15 bits per heavy atom. The molecule has 10 nitrogen and oxygen atoms in total. The van der Waals surface area contributed by atoms with Gasteiger partial charge in [-0.25, -0.2) is 8.78 Å². The van der Waals surface area contributed by atoms with Crippen LogP contribution in [0.3, 0.4) is 0 Å². The number of hydrogen-bond acceptors (Lipinski definition) is 8. The van der Waals surface area contributed by atoms with Gasteiger partial charge in [-0.1, -0.05) is 49.4 Å². The second-order valence-electron chi connectivity index (χ2n) is 9.65. The van der Waals surface area contributed by atoms with Crippen LogP contribution in [0.25, 0.3) is 21.9 Å². The number of carbonyl (C=O) groups is 3.